The van der Waals surface area contributed by atoms with Crippen LogP contribution in [0.3, 0.4) is 0 Å². The summed E-state index contributed by atoms with van der Waals surface area (Å²) in [5.74, 6) is 0.936. The van der Waals surface area contributed by atoms with Crippen LogP contribution in [0.5, 0.6) is 5.75 Å². The Morgan fingerprint density at radius 1 is 1.45 bits per heavy atom. The van der Waals surface area contributed by atoms with Gasteiger partial charge in [0.1, 0.15) is 12.4 Å². The fourth-order valence-corrected chi connectivity index (χ4v) is 3.36. The molecule has 3 rings (SSSR count). The van der Waals surface area contributed by atoms with Crippen LogP contribution in [0.15, 0.2) is 18.2 Å². The van der Waals surface area contributed by atoms with Gasteiger partial charge in [-0.3, -0.25) is 4.90 Å². The number of hydrogen-bond donors (Lipinski definition) is 1. The van der Waals surface area contributed by atoms with Crippen LogP contribution < -0.4 is 10.1 Å². The quantitative estimate of drug-likeness (QED) is 0.903. The van der Waals surface area contributed by atoms with Crippen LogP contribution in [0, 0.1) is 0 Å². The lowest BCUT2D eigenvalue weighted by molar-refractivity contribution is 0.0672. The number of nitrogens with one attached hydrogen (secondary N) is 1. The number of rotatable bonds is 5. The van der Waals surface area contributed by atoms with Gasteiger partial charge in [0.25, 0.3) is 0 Å². The van der Waals surface area contributed by atoms with Crippen molar-refractivity contribution in [1.82, 2.24) is 10.2 Å². The van der Waals surface area contributed by atoms with Crippen molar-refractivity contribution in [3.05, 3.63) is 28.8 Å². The molecule has 1 aromatic carbocycles. The minimum absolute atomic E-state index is 0.239. The highest BCUT2D eigenvalue weighted by Crippen LogP contribution is 2.26. The zero-order chi connectivity index (χ0) is 15.4. The Morgan fingerprint density at radius 2 is 2.36 bits per heavy atom. The van der Waals surface area contributed by atoms with Gasteiger partial charge in [0.15, 0.2) is 0 Å². The predicted molar refractivity (Wildman–Crippen MR) is 88.7 cm³/mol. The average Bonchev–Trinajstić information content (AvgIpc) is 3.00. The topological polar surface area (TPSA) is 33.7 Å². The molecule has 2 fully saturated rings. The summed E-state index contributed by atoms with van der Waals surface area (Å²) in [7, 11) is 0. The van der Waals surface area contributed by atoms with E-state index < -0.39 is 0 Å². The summed E-state index contributed by atoms with van der Waals surface area (Å²) in [5, 5.41) is 4.24. The Morgan fingerprint density at radius 3 is 3.14 bits per heavy atom. The molecule has 5 heteroatoms. The summed E-state index contributed by atoms with van der Waals surface area (Å²) in [6.45, 7) is 7.74. The van der Waals surface area contributed by atoms with Crippen LogP contribution in [-0.4, -0.2) is 49.9 Å². The number of piperazine rings is 1. The highest BCUT2D eigenvalue weighted by Gasteiger charge is 2.19. The lowest BCUT2D eigenvalue weighted by Gasteiger charge is -2.32. The lowest BCUT2D eigenvalue weighted by Crippen LogP contribution is -2.48. The summed E-state index contributed by atoms with van der Waals surface area (Å²) in [6, 6.07) is 6.44. The van der Waals surface area contributed by atoms with Crippen LogP contribution in [-0.2, 0) is 11.3 Å². The van der Waals surface area contributed by atoms with Gasteiger partial charge in [-0.25, -0.2) is 0 Å². The third kappa shape index (κ3) is 4.35. The fraction of sp³-hybridized carbons (Fsp3) is 0.647. The molecule has 122 valence electrons. The minimum Gasteiger partial charge on any atom is -0.491 e. The third-order valence-corrected chi connectivity index (χ3v) is 4.55. The molecule has 2 atom stereocenters. The fourth-order valence-electron chi connectivity index (χ4n) is 3.17. The Hall–Kier alpha value is -0.810. The number of benzene rings is 1. The summed E-state index contributed by atoms with van der Waals surface area (Å²) >= 11 is 6.18. The molecule has 2 aliphatic heterocycles. The van der Waals surface area contributed by atoms with E-state index in [1.807, 2.05) is 18.2 Å². The molecule has 1 aromatic rings. The summed E-state index contributed by atoms with van der Waals surface area (Å²) < 4.78 is 11.7. The summed E-state index contributed by atoms with van der Waals surface area (Å²) in [4.78, 5) is 2.45. The van der Waals surface area contributed by atoms with E-state index in [2.05, 4.69) is 17.1 Å². The van der Waals surface area contributed by atoms with Gasteiger partial charge in [-0.05, 0) is 38.0 Å². The van der Waals surface area contributed by atoms with Gasteiger partial charge in [0.2, 0.25) is 0 Å². The zero-order valence-electron chi connectivity index (χ0n) is 13.2. The molecule has 1 N–H and O–H groups in total. The Labute approximate surface area is 137 Å². The number of halogens is 1. The van der Waals surface area contributed by atoms with Crippen molar-refractivity contribution < 1.29 is 9.47 Å². The molecule has 2 saturated heterocycles. The second-order valence-electron chi connectivity index (χ2n) is 6.29. The van der Waals surface area contributed by atoms with Crippen molar-refractivity contribution in [1.29, 1.82) is 0 Å². The number of hydrogen-bond acceptors (Lipinski definition) is 4. The van der Waals surface area contributed by atoms with Gasteiger partial charge in [-0.15, -0.1) is 0 Å². The molecular formula is C17H25ClN2O2. The first kappa shape index (κ1) is 16.1. The maximum absolute atomic E-state index is 6.18. The maximum Gasteiger partial charge on any atom is 0.124 e. The average molecular weight is 325 g/mol. The van der Waals surface area contributed by atoms with Gasteiger partial charge in [0, 0.05) is 49.4 Å². The molecular weight excluding hydrogens is 300 g/mol. The number of nitrogens with zero attached hydrogens (tertiary/aromatic N) is 1. The molecule has 0 radical (unpaired) electrons. The first-order chi connectivity index (χ1) is 10.7. The zero-order valence-corrected chi connectivity index (χ0v) is 13.9. The van der Waals surface area contributed by atoms with Crippen LogP contribution in [0.25, 0.3) is 0 Å². The van der Waals surface area contributed by atoms with E-state index in [1.54, 1.807) is 0 Å². The smallest absolute Gasteiger partial charge is 0.124 e. The van der Waals surface area contributed by atoms with Crippen LogP contribution in [0.4, 0.5) is 0 Å². The molecule has 0 saturated carbocycles. The molecule has 2 aliphatic rings. The molecule has 0 aromatic heterocycles. The highest BCUT2D eigenvalue weighted by molar-refractivity contribution is 6.30. The monoisotopic (exact) mass is 324 g/mol. The third-order valence-electron chi connectivity index (χ3n) is 4.32. The molecule has 0 spiro atoms. The van der Waals surface area contributed by atoms with Crippen molar-refractivity contribution >= 4 is 11.6 Å². The molecule has 0 bridgehead atoms. The van der Waals surface area contributed by atoms with Gasteiger partial charge < -0.3 is 14.8 Å². The Kier molecular flexibility index (Phi) is 5.58. The van der Waals surface area contributed by atoms with E-state index in [0.717, 1.165) is 56.4 Å². The largest absolute Gasteiger partial charge is 0.491 e. The molecule has 2 heterocycles. The van der Waals surface area contributed by atoms with Crippen molar-refractivity contribution in [2.24, 2.45) is 0 Å². The van der Waals surface area contributed by atoms with E-state index in [9.17, 15) is 0 Å². The first-order valence-corrected chi connectivity index (χ1v) is 8.57. The molecule has 0 amide bonds. The Bertz CT molecular complexity index is 492. The van der Waals surface area contributed by atoms with Crippen molar-refractivity contribution in [3.8, 4) is 5.75 Å². The van der Waals surface area contributed by atoms with E-state index >= 15 is 0 Å². The van der Waals surface area contributed by atoms with Gasteiger partial charge >= 0.3 is 0 Å². The van der Waals surface area contributed by atoms with Gasteiger partial charge in [-0.1, -0.05) is 11.6 Å². The van der Waals surface area contributed by atoms with Gasteiger partial charge in [0.05, 0.1) is 6.10 Å². The van der Waals surface area contributed by atoms with Crippen LogP contribution >= 0.6 is 11.6 Å². The molecule has 0 aliphatic carbocycles. The lowest BCUT2D eigenvalue weighted by atomic mass is 10.1. The van der Waals surface area contributed by atoms with E-state index in [1.165, 1.54) is 5.56 Å². The predicted octanol–water partition coefficient (Wildman–Crippen LogP) is 2.69. The first-order valence-electron chi connectivity index (χ1n) is 8.19. The Balaban J connectivity index is 1.64. The van der Waals surface area contributed by atoms with Crippen molar-refractivity contribution in [3.63, 3.8) is 0 Å². The second-order valence-corrected chi connectivity index (χ2v) is 6.72. The van der Waals surface area contributed by atoms with Crippen molar-refractivity contribution in [2.75, 3.05) is 32.8 Å². The normalized spacial score (nSPS) is 26.3. The summed E-state index contributed by atoms with van der Waals surface area (Å²) in [5.41, 5.74) is 1.17. The standard InChI is InChI=1S/C17H25ClN2O2/c1-13-10-20(7-6-19-13)11-14-9-15(18)4-5-17(14)22-12-16-3-2-8-21-16/h4-5,9,13,16,19H,2-3,6-8,10-12H2,1H3/t13-,16?/m1/s1. The summed E-state index contributed by atoms with van der Waals surface area (Å²) in [6.07, 6.45) is 2.47. The van der Waals surface area contributed by atoms with E-state index in [4.69, 9.17) is 21.1 Å². The van der Waals surface area contributed by atoms with Gasteiger partial charge in [-0.2, -0.15) is 0 Å². The van der Waals surface area contributed by atoms with E-state index in [0.29, 0.717) is 12.6 Å². The van der Waals surface area contributed by atoms with E-state index in [-0.39, 0.29) is 6.10 Å². The van der Waals surface area contributed by atoms with Crippen molar-refractivity contribution in [2.45, 2.75) is 38.5 Å². The van der Waals surface area contributed by atoms with Crippen LogP contribution in [0.1, 0.15) is 25.3 Å². The molecule has 4 nitrogen and oxygen atoms in total. The van der Waals surface area contributed by atoms with Crippen LogP contribution in [0.2, 0.25) is 5.02 Å². The minimum atomic E-state index is 0.239. The second kappa shape index (κ2) is 7.64. The maximum atomic E-state index is 6.18. The number of ether oxygens (including phenoxy) is 2. The molecule has 1 unspecified atom stereocenters. The SMILES string of the molecule is C[C@@H]1CN(Cc2cc(Cl)ccc2OCC2CCCO2)CCN1. The highest BCUT2D eigenvalue weighted by atomic mass is 35.5. The molecule has 22 heavy (non-hydrogen) atoms.